The van der Waals surface area contributed by atoms with Crippen LogP contribution in [0.3, 0.4) is 0 Å². The first-order valence-electron chi connectivity index (χ1n) is 4.87. The van der Waals surface area contributed by atoms with E-state index in [9.17, 15) is 0 Å². The van der Waals surface area contributed by atoms with Crippen LogP contribution in [0.5, 0.6) is 0 Å². The Balaban J connectivity index is 2.38. The molecule has 0 aliphatic heterocycles. The Kier molecular flexibility index (Phi) is 2.05. The van der Waals surface area contributed by atoms with Crippen LogP contribution in [-0.4, -0.2) is 19.6 Å². The number of hydrogen-bond acceptors (Lipinski definition) is 5. The van der Waals surface area contributed by atoms with Crippen molar-refractivity contribution in [1.29, 1.82) is 0 Å². The number of aryl methyl sites for hydroxylation is 1. The van der Waals surface area contributed by atoms with Crippen LogP contribution in [0.15, 0.2) is 23.1 Å². The van der Waals surface area contributed by atoms with Crippen LogP contribution in [-0.2, 0) is 0 Å². The molecule has 6 nitrogen and oxygen atoms in total. The molecule has 3 heterocycles. The van der Waals surface area contributed by atoms with Gasteiger partial charge in [0.15, 0.2) is 11.4 Å². The monoisotopic (exact) mass is 249 g/mol. The Morgan fingerprint density at radius 2 is 2.29 bits per heavy atom. The third-order valence-corrected chi connectivity index (χ3v) is 2.81. The lowest BCUT2D eigenvalue weighted by Gasteiger charge is -2.05. The third-order valence-electron chi connectivity index (χ3n) is 2.51. The van der Waals surface area contributed by atoms with E-state index in [1.807, 2.05) is 6.92 Å². The number of rotatable bonds is 1. The third kappa shape index (κ3) is 1.38. The maximum atomic E-state index is 6.01. The lowest BCUT2D eigenvalue weighted by atomic mass is 10.2. The van der Waals surface area contributed by atoms with E-state index in [2.05, 4.69) is 15.1 Å². The first-order chi connectivity index (χ1) is 8.18. The molecule has 0 saturated carbocycles. The highest BCUT2D eigenvalue weighted by molar-refractivity contribution is 6.32. The van der Waals surface area contributed by atoms with Crippen molar-refractivity contribution in [3.8, 4) is 11.5 Å². The van der Waals surface area contributed by atoms with Gasteiger partial charge in [-0.15, -0.1) is 0 Å². The molecular formula is C10H8ClN5O. The van der Waals surface area contributed by atoms with E-state index < -0.39 is 0 Å². The minimum Gasteiger partial charge on any atom is -0.461 e. The Morgan fingerprint density at radius 3 is 3.00 bits per heavy atom. The van der Waals surface area contributed by atoms with Crippen LogP contribution in [0.2, 0.25) is 5.02 Å². The number of hydrogen-bond donors (Lipinski definition) is 1. The van der Waals surface area contributed by atoms with Gasteiger partial charge in [0.25, 0.3) is 0 Å². The molecule has 0 unspecified atom stereocenters. The van der Waals surface area contributed by atoms with Gasteiger partial charge < -0.3 is 10.2 Å². The van der Waals surface area contributed by atoms with Gasteiger partial charge in [-0.3, -0.25) is 0 Å². The molecule has 86 valence electrons. The van der Waals surface area contributed by atoms with Crippen molar-refractivity contribution in [3.63, 3.8) is 0 Å². The summed E-state index contributed by atoms with van der Waals surface area (Å²) in [5.41, 5.74) is 7.82. The van der Waals surface area contributed by atoms with Gasteiger partial charge in [0.2, 0.25) is 5.95 Å². The van der Waals surface area contributed by atoms with Gasteiger partial charge in [0, 0.05) is 5.56 Å². The molecule has 3 aromatic heterocycles. The summed E-state index contributed by atoms with van der Waals surface area (Å²) in [4.78, 5) is 8.36. The second-order valence-corrected chi connectivity index (χ2v) is 3.94. The van der Waals surface area contributed by atoms with Crippen molar-refractivity contribution in [3.05, 3.63) is 29.2 Å². The summed E-state index contributed by atoms with van der Waals surface area (Å²) in [6.07, 6.45) is 2.93. The number of nitrogens with two attached hydrogens (primary N) is 1. The van der Waals surface area contributed by atoms with Gasteiger partial charge in [-0.05, 0) is 13.0 Å². The maximum absolute atomic E-state index is 6.01. The molecule has 0 spiro atoms. The lowest BCUT2D eigenvalue weighted by Crippen LogP contribution is -2.05. The molecule has 3 aromatic rings. The molecule has 0 amide bonds. The summed E-state index contributed by atoms with van der Waals surface area (Å²) < 4.78 is 6.77. The smallest absolute Gasteiger partial charge is 0.223 e. The van der Waals surface area contributed by atoms with Crippen LogP contribution in [0.4, 0.5) is 5.95 Å². The van der Waals surface area contributed by atoms with E-state index in [1.54, 1.807) is 6.07 Å². The molecule has 2 N–H and O–H groups in total. The Hall–Kier alpha value is -2.08. The lowest BCUT2D eigenvalue weighted by molar-refractivity contribution is 0.579. The number of nitrogen functional groups attached to an aromatic ring is 1. The molecule has 0 radical (unpaired) electrons. The number of aromatic nitrogens is 4. The van der Waals surface area contributed by atoms with Gasteiger partial charge in [0.1, 0.15) is 12.0 Å². The molecule has 0 atom stereocenters. The van der Waals surface area contributed by atoms with Crippen molar-refractivity contribution in [2.24, 2.45) is 0 Å². The van der Waals surface area contributed by atoms with Crippen LogP contribution < -0.4 is 5.73 Å². The molecule has 0 aliphatic carbocycles. The first-order valence-corrected chi connectivity index (χ1v) is 5.25. The Morgan fingerprint density at radius 1 is 1.47 bits per heavy atom. The van der Waals surface area contributed by atoms with Crippen molar-refractivity contribution in [1.82, 2.24) is 19.6 Å². The number of fused-ring (bicyclic) bond motifs is 1. The average Bonchev–Trinajstić information content (AvgIpc) is 2.92. The molecule has 0 fully saturated rings. The van der Waals surface area contributed by atoms with Gasteiger partial charge in [-0.1, -0.05) is 11.6 Å². The standard InChI is InChI=1S/C10H8ClN5O/c1-5-7(8-6(11)2-3-17-8)15-10(12)16-9(5)13-4-14-16/h2-4H,1H3,(H2,12,15). The summed E-state index contributed by atoms with van der Waals surface area (Å²) in [5.74, 6) is 0.729. The van der Waals surface area contributed by atoms with Gasteiger partial charge in [-0.25, -0.2) is 9.97 Å². The van der Waals surface area contributed by atoms with Crippen molar-refractivity contribution in [2.75, 3.05) is 5.73 Å². The SMILES string of the molecule is Cc1c(-c2occc2Cl)nc(N)n2ncnc12. The van der Waals surface area contributed by atoms with Crippen molar-refractivity contribution >= 4 is 23.2 Å². The van der Waals surface area contributed by atoms with E-state index in [4.69, 9.17) is 21.8 Å². The van der Waals surface area contributed by atoms with E-state index in [1.165, 1.54) is 17.1 Å². The average molecular weight is 250 g/mol. The fourth-order valence-corrected chi connectivity index (χ4v) is 1.89. The van der Waals surface area contributed by atoms with Crippen LogP contribution in [0, 0.1) is 6.92 Å². The topological polar surface area (TPSA) is 82.2 Å². The normalized spacial score (nSPS) is 11.2. The molecule has 7 heteroatoms. The molecule has 3 rings (SSSR count). The fourth-order valence-electron chi connectivity index (χ4n) is 1.70. The van der Waals surface area contributed by atoms with Crippen LogP contribution >= 0.6 is 11.6 Å². The first kappa shape index (κ1) is 10.1. The van der Waals surface area contributed by atoms with Gasteiger partial charge in [0.05, 0.1) is 11.3 Å². The van der Waals surface area contributed by atoms with Crippen LogP contribution in [0.25, 0.3) is 17.1 Å². The second kappa shape index (κ2) is 3.46. The summed E-state index contributed by atoms with van der Waals surface area (Å²) in [6.45, 7) is 1.87. The maximum Gasteiger partial charge on any atom is 0.223 e. The van der Waals surface area contributed by atoms with E-state index in [0.717, 1.165) is 5.56 Å². The molecule has 0 aliphatic rings. The molecule has 0 saturated heterocycles. The minimum absolute atomic E-state index is 0.241. The van der Waals surface area contributed by atoms with E-state index in [-0.39, 0.29) is 5.95 Å². The number of anilines is 1. The van der Waals surface area contributed by atoms with Crippen molar-refractivity contribution < 1.29 is 4.42 Å². The quantitative estimate of drug-likeness (QED) is 0.713. The molecule has 0 bridgehead atoms. The number of nitrogens with zero attached hydrogens (tertiary/aromatic N) is 4. The predicted molar refractivity (Wildman–Crippen MR) is 62.6 cm³/mol. The molecular weight excluding hydrogens is 242 g/mol. The Labute approximate surface area is 101 Å². The summed E-state index contributed by atoms with van der Waals surface area (Å²) in [6, 6.07) is 1.65. The zero-order valence-electron chi connectivity index (χ0n) is 8.88. The highest BCUT2D eigenvalue weighted by Gasteiger charge is 2.17. The summed E-state index contributed by atoms with van der Waals surface area (Å²) >= 11 is 6.01. The largest absolute Gasteiger partial charge is 0.461 e. The van der Waals surface area contributed by atoms with Gasteiger partial charge in [-0.2, -0.15) is 9.61 Å². The van der Waals surface area contributed by atoms with E-state index >= 15 is 0 Å². The summed E-state index contributed by atoms with van der Waals surface area (Å²) in [5, 5.41) is 4.47. The van der Waals surface area contributed by atoms with Gasteiger partial charge >= 0.3 is 0 Å². The highest BCUT2D eigenvalue weighted by Crippen LogP contribution is 2.31. The predicted octanol–water partition coefficient (Wildman–Crippen LogP) is 1.93. The molecule has 17 heavy (non-hydrogen) atoms. The fraction of sp³-hybridized carbons (Fsp3) is 0.100. The number of halogens is 1. The van der Waals surface area contributed by atoms with Crippen LogP contribution in [0.1, 0.15) is 5.56 Å². The van der Waals surface area contributed by atoms with Crippen molar-refractivity contribution in [2.45, 2.75) is 6.92 Å². The van der Waals surface area contributed by atoms with E-state index in [0.29, 0.717) is 22.1 Å². The highest BCUT2D eigenvalue weighted by atomic mass is 35.5. The molecule has 0 aromatic carbocycles. The minimum atomic E-state index is 0.241. The Bertz CT molecular complexity index is 702. The zero-order chi connectivity index (χ0) is 12.0. The zero-order valence-corrected chi connectivity index (χ0v) is 9.64. The number of furan rings is 1. The summed E-state index contributed by atoms with van der Waals surface area (Å²) in [7, 11) is 0. The second-order valence-electron chi connectivity index (χ2n) is 3.54.